The Bertz CT molecular complexity index is 1160. The standard InChI is InChI=1S/C24H29N5O3/c1-2-9-29-21-6-5-18(11-22(21)32-24(29)31)27-23(30)15-28-13-17-4-3-16(20(17)14-28)10-19-12-25-7-8-26-19/h5-8,11-12,16-17,20H,2-4,9-10,13-15H2,1H3,(H,27,30)/t16-,17-,20-/m1/s1. The molecular weight excluding hydrogens is 406 g/mol. The van der Waals surface area contributed by atoms with Gasteiger partial charge in [0.2, 0.25) is 5.91 Å². The summed E-state index contributed by atoms with van der Waals surface area (Å²) in [6.45, 7) is 4.94. The number of carbonyl (C=O) groups is 1. The molecule has 1 aliphatic heterocycles. The molecule has 8 heteroatoms. The van der Waals surface area contributed by atoms with Gasteiger partial charge in [0.25, 0.3) is 0 Å². The van der Waals surface area contributed by atoms with Crippen molar-refractivity contribution in [2.45, 2.75) is 39.2 Å². The van der Waals surface area contributed by atoms with E-state index in [0.29, 0.717) is 42.1 Å². The Balaban J connectivity index is 1.19. The summed E-state index contributed by atoms with van der Waals surface area (Å²) in [5, 5.41) is 2.97. The van der Waals surface area contributed by atoms with Crippen LogP contribution in [-0.4, -0.2) is 45.0 Å². The SMILES string of the molecule is CCCn1c(=O)oc2cc(NC(=O)CN3C[C@H]4CC[C@H](Cc5cnccn5)[C@H]4C3)ccc21. The molecule has 2 aromatic heterocycles. The van der Waals surface area contributed by atoms with Crippen molar-refractivity contribution in [2.24, 2.45) is 17.8 Å². The van der Waals surface area contributed by atoms with Crippen LogP contribution in [0.4, 0.5) is 5.69 Å². The van der Waals surface area contributed by atoms with Crippen LogP contribution < -0.4 is 11.1 Å². The lowest BCUT2D eigenvalue weighted by molar-refractivity contribution is -0.117. The van der Waals surface area contributed by atoms with Gasteiger partial charge < -0.3 is 9.73 Å². The van der Waals surface area contributed by atoms with Crippen LogP contribution in [-0.2, 0) is 17.8 Å². The van der Waals surface area contributed by atoms with Crippen LogP contribution in [0.2, 0.25) is 0 Å². The normalized spacial score (nSPS) is 23.0. The minimum absolute atomic E-state index is 0.0369. The maximum absolute atomic E-state index is 12.7. The van der Waals surface area contributed by atoms with Crippen LogP contribution in [0.5, 0.6) is 0 Å². The van der Waals surface area contributed by atoms with Gasteiger partial charge in [-0.3, -0.25) is 24.2 Å². The van der Waals surface area contributed by atoms with Gasteiger partial charge in [0.15, 0.2) is 5.58 Å². The molecule has 3 aromatic rings. The van der Waals surface area contributed by atoms with Crippen molar-refractivity contribution in [3.63, 3.8) is 0 Å². The van der Waals surface area contributed by atoms with E-state index in [0.717, 1.165) is 37.1 Å². The fraction of sp³-hybridized carbons (Fsp3) is 0.500. The van der Waals surface area contributed by atoms with Gasteiger partial charge in [0, 0.05) is 50.0 Å². The summed E-state index contributed by atoms with van der Waals surface area (Å²) in [5.74, 6) is 1.50. The number of aromatic nitrogens is 3. The lowest BCUT2D eigenvalue weighted by Crippen LogP contribution is -2.32. The zero-order valence-corrected chi connectivity index (χ0v) is 18.4. The summed E-state index contributed by atoms with van der Waals surface area (Å²) in [7, 11) is 0. The van der Waals surface area contributed by atoms with E-state index in [1.807, 2.05) is 25.3 Å². The van der Waals surface area contributed by atoms with Crippen LogP contribution in [0, 0.1) is 17.8 Å². The molecule has 32 heavy (non-hydrogen) atoms. The molecule has 0 bridgehead atoms. The van der Waals surface area contributed by atoms with Crippen molar-refractivity contribution in [3.8, 4) is 0 Å². The summed E-state index contributed by atoms with van der Waals surface area (Å²) in [6.07, 6.45) is 9.61. The fourth-order valence-electron chi connectivity index (χ4n) is 5.54. The zero-order valence-electron chi connectivity index (χ0n) is 18.4. The topological polar surface area (TPSA) is 93.3 Å². The van der Waals surface area contributed by atoms with Crippen LogP contribution in [0.15, 0.2) is 46.0 Å². The van der Waals surface area contributed by atoms with Crippen molar-refractivity contribution < 1.29 is 9.21 Å². The third-order valence-corrected chi connectivity index (χ3v) is 6.94. The Kier molecular flexibility index (Phi) is 5.78. The van der Waals surface area contributed by atoms with Crippen LogP contribution in [0.3, 0.4) is 0 Å². The molecule has 1 amide bonds. The lowest BCUT2D eigenvalue weighted by Gasteiger charge is -2.20. The molecule has 0 radical (unpaired) electrons. The summed E-state index contributed by atoms with van der Waals surface area (Å²) in [4.78, 5) is 35.6. The Labute approximate surface area is 186 Å². The first kappa shape index (κ1) is 20.9. The molecule has 0 spiro atoms. The first-order valence-corrected chi connectivity index (χ1v) is 11.5. The van der Waals surface area contributed by atoms with E-state index in [1.165, 1.54) is 12.8 Å². The number of rotatable bonds is 7. The smallest absolute Gasteiger partial charge is 0.408 e. The molecule has 3 heterocycles. The first-order chi connectivity index (χ1) is 15.6. The number of nitrogens with zero attached hydrogens (tertiary/aromatic N) is 4. The molecule has 1 aromatic carbocycles. The van der Waals surface area contributed by atoms with E-state index in [9.17, 15) is 9.59 Å². The van der Waals surface area contributed by atoms with Crippen molar-refractivity contribution in [1.82, 2.24) is 19.4 Å². The van der Waals surface area contributed by atoms with Gasteiger partial charge in [-0.25, -0.2) is 4.79 Å². The Morgan fingerprint density at radius 2 is 2.16 bits per heavy atom. The molecule has 5 rings (SSSR count). The van der Waals surface area contributed by atoms with E-state index < -0.39 is 0 Å². The molecule has 1 N–H and O–H groups in total. The van der Waals surface area contributed by atoms with Crippen molar-refractivity contribution in [1.29, 1.82) is 0 Å². The third kappa shape index (κ3) is 4.19. The Hall–Kier alpha value is -3.00. The third-order valence-electron chi connectivity index (χ3n) is 6.94. The highest BCUT2D eigenvalue weighted by molar-refractivity contribution is 5.94. The molecule has 168 valence electrons. The highest BCUT2D eigenvalue weighted by Gasteiger charge is 2.42. The Morgan fingerprint density at radius 1 is 1.25 bits per heavy atom. The predicted molar refractivity (Wildman–Crippen MR) is 121 cm³/mol. The molecule has 0 unspecified atom stereocenters. The molecule has 2 aliphatic rings. The number of likely N-dealkylation sites (tertiary alicyclic amines) is 1. The quantitative estimate of drug-likeness (QED) is 0.613. The number of amides is 1. The van der Waals surface area contributed by atoms with E-state index in [1.54, 1.807) is 23.0 Å². The average Bonchev–Trinajstić information content (AvgIpc) is 3.43. The summed E-state index contributed by atoms with van der Waals surface area (Å²) in [6, 6.07) is 5.40. The second kappa shape index (κ2) is 8.86. The summed E-state index contributed by atoms with van der Waals surface area (Å²) < 4.78 is 6.98. The van der Waals surface area contributed by atoms with E-state index in [2.05, 4.69) is 20.2 Å². The van der Waals surface area contributed by atoms with Gasteiger partial charge in [-0.2, -0.15) is 0 Å². The summed E-state index contributed by atoms with van der Waals surface area (Å²) >= 11 is 0. The van der Waals surface area contributed by atoms with Gasteiger partial charge in [0.1, 0.15) is 0 Å². The van der Waals surface area contributed by atoms with Crippen molar-refractivity contribution in [2.75, 3.05) is 25.0 Å². The van der Waals surface area contributed by atoms with Crippen LogP contribution >= 0.6 is 0 Å². The number of nitrogens with one attached hydrogen (secondary N) is 1. The van der Waals surface area contributed by atoms with Gasteiger partial charge in [-0.05, 0) is 55.6 Å². The Morgan fingerprint density at radius 3 is 2.97 bits per heavy atom. The molecule has 2 fully saturated rings. The largest absolute Gasteiger partial charge is 0.419 e. The molecule has 1 saturated heterocycles. The number of hydrogen-bond donors (Lipinski definition) is 1. The molecule has 3 atom stereocenters. The second-order valence-corrected chi connectivity index (χ2v) is 9.11. The maximum Gasteiger partial charge on any atom is 0.419 e. The number of carbonyl (C=O) groups excluding carboxylic acids is 1. The van der Waals surface area contributed by atoms with Gasteiger partial charge in [-0.15, -0.1) is 0 Å². The molecule has 8 nitrogen and oxygen atoms in total. The average molecular weight is 436 g/mol. The minimum atomic E-state index is -0.357. The monoisotopic (exact) mass is 435 g/mol. The van der Waals surface area contributed by atoms with E-state index in [4.69, 9.17) is 4.42 Å². The van der Waals surface area contributed by atoms with Crippen molar-refractivity contribution in [3.05, 3.63) is 53.0 Å². The molecule has 1 aliphatic carbocycles. The fourth-order valence-corrected chi connectivity index (χ4v) is 5.54. The molecular formula is C24H29N5O3. The number of benzene rings is 1. The predicted octanol–water partition coefficient (Wildman–Crippen LogP) is 2.93. The molecule has 1 saturated carbocycles. The van der Waals surface area contributed by atoms with Gasteiger partial charge in [-0.1, -0.05) is 6.92 Å². The number of hydrogen-bond acceptors (Lipinski definition) is 6. The minimum Gasteiger partial charge on any atom is -0.408 e. The number of anilines is 1. The number of fused-ring (bicyclic) bond motifs is 2. The lowest BCUT2D eigenvalue weighted by atomic mass is 9.89. The highest BCUT2D eigenvalue weighted by atomic mass is 16.4. The van der Waals surface area contributed by atoms with Crippen molar-refractivity contribution >= 4 is 22.7 Å². The number of oxazole rings is 1. The second-order valence-electron chi connectivity index (χ2n) is 9.11. The van der Waals surface area contributed by atoms with Gasteiger partial charge in [0.05, 0.1) is 17.8 Å². The maximum atomic E-state index is 12.7. The number of aryl methyl sites for hydroxylation is 1. The first-order valence-electron chi connectivity index (χ1n) is 11.5. The van der Waals surface area contributed by atoms with Crippen LogP contribution in [0.25, 0.3) is 11.1 Å². The zero-order chi connectivity index (χ0) is 22.1. The van der Waals surface area contributed by atoms with E-state index in [-0.39, 0.29) is 11.7 Å². The highest BCUT2D eigenvalue weighted by Crippen LogP contribution is 2.43. The summed E-state index contributed by atoms with van der Waals surface area (Å²) in [5.41, 5.74) is 2.98. The van der Waals surface area contributed by atoms with Crippen LogP contribution in [0.1, 0.15) is 31.9 Å². The van der Waals surface area contributed by atoms with E-state index >= 15 is 0 Å². The van der Waals surface area contributed by atoms with Gasteiger partial charge >= 0.3 is 5.76 Å².